The third kappa shape index (κ3) is 5.19. The van der Waals surface area contributed by atoms with Crippen LogP contribution in [0.2, 0.25) is 0 Å². The Bertz CT molecular complexity index is 546. The number of rotatable bonds is 7. The number of carbonyl (C=O) groups excluding carboxylic acids is 1. The number of nitro benzene ring substituents is 1. The molecule has 8 heteroatoms. The van der Waals surface area contributed by atoms with Gasteiger partial charge in [0, 0.05) is 31.6 Å². The number of carboxylic acid groups (broad SMARTS) is 1. The number of nitrogens with zero attached hydrogens (tertiary/aromatic N) is 1. The van der Waals surface area contributed by atoms with Crippen LogP contribution in [0.3, 0.4) is 0 Å². The molecule has 2 atom stereocenters. The zero-order valence-corrected chi connectivity index (χ0v) is 11.7. The number of benzene rings is 1. The lowest BCUT2D eigenvalue weighted by Gasteiger charge is -2.18. The van der Waals surface area contributed by atoms with Crippen LogP contribution in [0, 0.1) is 10.1 Å². The van der Waals surface area contributed by atoms with Crippen LogP contribution in [0.5, 0.6) is 0 Å². The first-order valence-corrected chi connectivity index (χ1v) is 6.29. The molecule has 0 fully saturated rings. The number of hydrogen-bond acceptors (Lipinski definition) is 5. The van der Waals surface area contributed by atoms with Gasteiger partial charge in [-0.25, -0.2) is 0 Å². The summed E-state index contributed by atoms with van der Waals surface area (Å²) < 4.78 is 0. The molecule has 0 heterocycles. The van der Waals surface area contributed by atoms with Crippen molar-refractivity contribution in [3.05, 3.63) is 39.9 Å². The molecule has 0 aliphatic heterocycles. The van der Waals surface area contributed by atoms with Crippen molar-refractivity contribution in [3.63, 3.8) is 0 Å². The fourth-order valence-electron chi connectivity index (χ4n) is 1.86. The van der Waals surface area contributed by atoms with Gasteiger partial charge in [0.2, 0.25) is 5.91 Å². The predicted molar refractivity (Wildman–Crippen MR) is 74.8 cm³/mol. The van der Waals surface area contributed by atoms with E-state index in [1.165, 1.54) is 31.2 Å². The topological polar surface area (TPSA) is 122 Å². The second-order valence-corrected chi connectivity index (χ2v) is 4.63. The van der Waals surface area contributed by atoms with Crippen molar-refractivity contribution < 1.29 is 19.6 Å². The Morgan fingerprint density at radius 2 is 2.10 bits per heavy atom. The number of carbonyl (C=O) groups is 2. The summed E-state index contributed by atoms with van der Waals surface area (Å²) in [6.07, 6.45) is 0. The Kier molecular flexibility index (Phi) is 5.79. The highest BCUT2D eigenvalue weighted by Gasteiger charge is 2.22. The number of amides is 1. The van der Waals surface area contributed by atoms with E-state index in [-0.39, 0.29) is 29.7 Å². The number of nitro groups is 1. The molecule has 0 bridgehead atoms. The molecule has 1 amide bonds. The first kappa shape index (κ1) is 16.6. The SMILES string of the molecule is CC(=O)NC(C)CNC(C(=O)O)c1cccc([N+](=O)[O-])c1. The van der Waals surface area contributed by atoms with Gasteiger partial charge in [0.1, 0.15) is 6.04 Å². The normalized spacial score (nSPS) is 13.2. The quantitative estimate of drug-likeness (QED) is 0.506. The van der Waals surface area contributed by atoms with E-state index >= 15 is 0 Å². The smallest absolute Gasteiger partial charge is 0.325 e. The van der Waals surface area contributed by atoms with E-state index < -0.39 is 16.9 Å². The largest absolute Gasteiger partial charge is 0.480 e. The van der Waals surface area contributed by atoms with Crippen molar-refractivity contribution in [2.45, 2.75) is 25.9 Å². The average molecular weight is 295 g/mol. The summed E-state index contributed by atoms with van der Waals surface area (Å²) >= 11 is 0. The van der Waals surface area contributed by atoms with Gasteiger partial charge in [-0.05, 0) is 12.5 Å². The summed E-state index contributed by atoms with van der Waals surface area (Å²) in [6, 6.07) is 4.10. The van der Waals surface area contributed by atoms with Gasteiger partial charge in [-0.2, -0.15) is 0 Å². The summed E-state index contributed by atoms with van der Waals surface area (Å²) in [4.78, 5) is 32.3. The molecule has 114 valence electrons. The molecule has 0 saturated heterocycles. The monoisotopic (exact) mass is 295 g/mol. The molecule has 1 rings (SSSR count). The van der Waals surface area contributed by atoms with Crippen molar-refractivity contribution >= 4 is 17.6 Å². The maximum Gasteiger partial charge on any atom is 0.325 e. The van der Waals surface area contributed by atoms with Crippen LogP contribution >= 0.6 is 0 Å². The number of carboxylic acids is 1. The molecule has 21 heavy (non-hydrogen) atoms. The molecule has 3 N–H and O–H groups in total. The van der Waals surface area contributed by atoms with Crippen LogP contribution in [0.1, 0.15) is 25.5 Å². The van der Waals surface area contributed by atoms with E-state index in [1.54, 1.807) is 6.92 Å². The van der Waals surface area contributed by atoms with Gasteiger partial charge < -0.3 is 10.4 Å². The number of non-ortho nitro benzene ring substituents is 1. The Morgan fingerprint density at radius 1 is 1.43 bits per heavy atom. The predicted octanol–water partition coefficient (Wildman–Crippen LogP) is 0.835. The van der Waals surface area contributed by atoms with Crippen molar-refractivity contribution in [1.29, 1.82) is 0 Å². The summed E-state index contributed by atoms with van der Waals surface area (Å²) in [7, 11) is 0. The van der Waals surface area contributed by atoms with E-state index in [9.17, 15) is 24.8 Å². The van der Waals surface area contributed by atoms with Crippen LogP contribution in [0.4, 0.5) is 5.69 Å². The van der Waals surface area contributed by atoms with E-state index in [1.807, 2.05) is 0 Å². The zero-order valence-electron chi connectivity index (χ0n) is 11.7. The first-order valence-electron chi connectivity index (χ1n) is 6.29. The standard InChI is InChI=1S/C13H17N3O5/c1-8(15-9(2)17)7-14-12(13(18)19)10-4-3-5-11(6-10)16(20)21/h3-6,8,12,14H,7H2,1-2H3,(H,15,17)(H,18,19). The summed E-state index contributed by atoms with van der Waals surface area (Å²) in [5.74, 6) is -1.36. The van der Waals surface area contributed by atoms with Crippen LogP contribution in [-0.2, 0) is 9.59 Å². The van der Waals surface area contributed by atoms with Crippen LogP contribution in [-0.4, -0.2) is 34.5 Å². The highest BCUT2D eigenvalue weighted by molar-refractivity contribution is 5.76. The number of aliphatic carboxylic acids is 1. The minimum absolute atomic E-state index is 0.171. The van der Waals surface area contributed by atoms with Crippen LogP contribution < -0.4 is 10.6 Å². The van der Waals surface area contributed by atoms with E-state index in [4.69, 9.17) is 0 Å². The Morgan fingerprint density at radius 3 is 2.62 bits per heavy atom. The fraction of sp³-hybridized carbons (Fsp3) is 0.385. The van der Waals surface area contributed by atoms with Gasteiger partial charge in [-0.15, -0.1) is 0 Å². The summed E-state index contributed by atoms with van der Waals surface area (Å²) in [5, 5.41) is 25.3. The minimum Gasteiger partial charge on any atom is -0.480 e. The maximum absolute atomic E-state index is 11.3. The molecule has 0 aliphatic rings. The molecule has 1 aromatic rings. The van der Waals surface area contributed by atoms with Crippen LogP contribution in [0.25, 0.3) is 0 Å². The fourth-order valence-corrected chi connectivity index (χ4v) is 1.86. The van der Waals surface area contributed by atoms with Crippen LogP contribution in [0.15, 0.2) is 24.3 Å². The van der Waals surface area contributed by atoms with Gasteiger partial charge in [-0.1, -0.05) is 12.1 Å². The Balaban J connectivity index is 2.82. The molecule has 0 aromatic heterocycles. The van der Waals surface area contributed by atoms with E-state index in [0.717, 1.165) is 0 Å². The van der Waals surface area contributed by atoms with Gasteiger partial charge in [-0.3, -0.25) is 25.0 Å². The lowest BCUT2D eigenvalue weighted by Crippen LogP contribution is -2.41. The first-order chi connectivity index (χ1) is 9.81. The van der Waals surface area contributed by atoms with Gasteiger partial charge >= 0.3 is 5.97 Å². The Labute approximate surface area is 121 Å². The molecule has 8 nitrogen and oxygen atoms in total. The molecule has 2 unspecified atom stereocenters. The number of nitrogens with one attached hydrogen (secondary N) is 2. The molecule has 0 spiro atoms. The molecular weight excluding hydrogens is 278 g/mol. The zero-order chi connectivity index (χ0) is 16.0. The molecule has 0 aliphatic carbocycles. The molecular formula is C13H17N3O5. The van der Waals surface area contributed by atoms with Crippen molar-refractivity contribution in [2.24, 2.45) is 0 Å². The second-order valence-electron chi connectivity index (χ2n) is 4.63. The third-order valence-electron chi connectivity index (χ3n) is 2.74. The lowest BCUT2D eigenvalue weighted by atomic mass is 10.1. The number of hydrogen-bond donors (Lipinski definition) is 3. The molecule has 0 radical (unpaired) electrons. The summed E-state index contributed by atoms with van der Waals surface area (Å²) in [6.45, 7) is 3.31. The highest BCUT2D eigenvalue weighted by Crippen LogP contribution is 2.19. The molecule has 1 aromatic carbocycles. The summed E-state index contributed by atoms with van der Waals surface area (Å²) in [5.41, 5.74) is 0.113. The maximum atomic E-state index is 11.3. The van der Waals surface area contributed by atoms with Gasteiger partial charge in [0.15, 0.2) is 0 Å². The minimum atomic E-state index is -1.15. The molecule has 0 saturated carbocycles. The van der Waals surface area contributed by atoms with Crippen molar-refractivity contribution in [3.8, 4) is 0 Å². The van der Waals surface area contributed by atoms with Gasteiger partial charge in [0.25, 0.3) is 5.69 Å². The van der Waals surface area contributed by atoms with E-state index in [2.05, 4.69) is 10.6 Å². The van der Waals surface area contributed by atoms with Gasteiger partial charge in [0.05, 0.1) is 4.92 Å². The van der Waals surface area contributed by atoms with Crippen molar-refractivity contribution in [2.75, 3.05) is 6.54 Å². The third-order valence-corrected chi connectivity index (χ3v) is 2.74. The Hall–Kier alpha value is -2.48. The van der Waals surface area contributed by atoms with E-state index in [0.29, 0.717) is 0 Å². The second kappa shape index (κ2) is 7.34. The highest BCUT2D eigenvalue weighted by atomic mass is 16.6. The average Bonchev–Trinajstić information content (AvgIpc) is 2.38. The lowest BCUT2D eigenvalue weighted by molar-refractivity contribution is -0.384. The van der Waals surface area contributed by atoms with Crippen molar-refractivity contribution in [1.82, 2.24) is 10.6 Å².